The van der Waals surface area contributed by atoms with Crippen LogP contribution in [0.2, 0.25) is 0 Å². The van der Waals surface area contributed by atoms with Gasteiger partial charge >= 0.3 is 0 Å². The van der Waals surface area contributed by atoms with Crippen molar-refractivity contribution >= 4 is 16.7 Å². The largest absolute Gasteiger partial charge is 0.392 e. The Morgan fingerprint density at radius 3 is 2.39 bits per heavy atom. The Balaban J connectivity index is 1.88. The summed E-state index contributed by atoms with van der Waals surface area (Å²) in [6, 6.07) is 0. The van der Waals surface area contributed by atoms with E-state index in [2.05, 4.69) is 33.0 Å². The first-order valence-electron chi connectivity index (χ1n) is 6.55. The summed E-state index contributed by atoms with van der Waals surface area (Å²) in [6.07, 6.45) is -0.245. The predicted molar refractivity (Wildman–Crippen MR) is 74.3 cm³/mol. The van der Waals surface area contributed by atoms with Crippen molar-refractivity contribution in [3.05, 3.63) is 5.82 Å². The van der Waals surface area contributed by atoms with Gasteiger partial charge in [0, 0.05) is 50.2 Å². The normalized spacial score (nSPS) is 19.5. The molecule has 0 aliphatic carbocycles. The number of hydrogen-bond donors (Lipinski definition) is 1. The van der Waals surface area contributed by atoms with Crippen LogP contribution in [-0.4, -0.2) is 58.2 Å². The Hall–Kier alpha value is -0.720. The van der Waals surface area contributed by atoms with Crippen molar-refractivity contribution in [2.75, 3.05) is 37.6 Å². The fraction of sp³-hybridized carbons (Fsp3) is 0.833. The number of piperazine rings is 1. The van der Waals surface area contributed by atoms with E-state index in [0.717, 1.165) is 43.7 Å². The van der Waals surface area contributed by atoms with E-state index in [1.165, 1.54) is 11.5 Å². The molecular formula is C12H22N4OS. The Labute approximate surface area is 113 Å². The maximum atomic E-state index is 9.38. The number of aliphatic hydroxyl groups excluding tert-OH is 1. The van der Waals surface area contributed by atoms with E-state index in [-0.39, 0.29) is 6.10 Å². The maximum Gasteiger partial charge on any atom is 0.205 e. The molecule has 0 spiro atoms. The molecule has 5 nitrogen and oxygen atoms in total. The first-order chi connectivity index (χ1) is 8.56. The second-order valence-electron chi connectivity index (χ2n) is 5.23. The molecule has 6 heteroatoms. The molecule has 1 aromatic heterocycles. The van der Waals surface area contributed by atoms with E-state index in [9.17, 15) is 5.11 Å². The van der Waals surface area contributed by atoms with Crippen LogP contribution in [0.5, 0.6) is 0 Å². The molecule has 1 N–H and O–H groups in total. The Kier molecular flexibility index (Phi) is 4.53. The summed E-state index contributed by atoms with van der Waals surface area (Å²) >= 11 is 1.50. The van der Waals surface area contributed by atoms with Gasteiger partial charge in [-0.15, -0.1) is 0 Å². The first-order valence-corrected chi connectivity index (χ1v) is 7.32. The van der Waals surface area contributed by atoms with Crippen LogP contribution in [0.1, 0.15) is 32.5 Å². The lowest BCUT2D eigenvalue weighted by Gasteiger charge is -2.34. The monoisotopic (exact) mass is 270 g/mol. The minimum absolute atomic E-state index is 0.245. The molecule has 0 bridgehead atoms. The topological polar surface area (TPSA) is 52.5 Å². The van der Waals surface area contributed by atoms with E-state index in [1.54, 1.807) is 0 Å². The highest BCUT2D eigenvalue weighted by atomic mass is 32.1. The number of β-amino-alcohol motifs (C(OH)–C–C–N with tert-alkyl or cyclic N) is 1. The number of aromatic nitrogens is 2. The summed E-state index contributed by atoms with van der Waals surface area (Å²) in [6.45, 7) is 10.8. The fourth-order valence-electron chi connectivity index (χ4n) is 2.08. The van der Waals surface area contributed by atoms with E-state index in [4.69, 9.17) is 0 Å². The summed E-state index contributed by atoms with van der Waals surface area (Å²) in [5, 5.41) is 10.4. The zero-order valence-electron chi connectivity index (χ0n) is 11.3. The molecule has 0 saturated carbocycles. The van der Waals surface area contributed by atoms with Crippen molar-refractivity contribution < 1.29 is 5.11 Å². The number of hydrogen-bond acceptors (Lipinski definition) is 6. The van der Waals surface area contributed by atoms with Gasteiger partial charge in [-0.1, -0.05) is 13.8 Å². The highest BCUT2D eigenvalue weighted by Crippen LogP contribution is 2.22. The molecule has 1 saturated heterocycles. The molecule has 1 atom stereocenters. The fourth-order valence-corrected chi connectivity index (χ4v) is 2.94. The molecule has 102 valence electrons. The third kappa shape index (κ3) is 3.40. The second-order valence-corrected chi connectivity index (χ2v) is 5.96. The predicted octanol–water partition coefficient (Wildman–Crippen LogP) is 1.16. The van der Waals surface area contributed by atoms with Gasteiger partial charge in [0.15, 0.2) is 0 Å². The van der Waals surface area contributed by atoms with Gasteiger partial charge in [-0.25, -0.2) is 4.98 Å². The van der Waals surface area contributed by atoms with Gasteiger partial charge < -0.3 is 10.0 Å². The van der Waals surface area contributed by atoms with Crippen LogP contribution in [0, 0.1) is 0 Å². The SMILES string of the molecule is CC(C)c1nsc(N2CCN(C[C@@H](C)O)CC2)n1. The van der Waals surface area contributed by atoms with E-state index >= 15 is 0 Å². The van der Waals surface area contributed by atoms with Crippen LogP contribution in [0.15, 0.2) is 0 Å². The van der Waals surface area contributed by atoms with E-state index in [0.29, 0.717) is 5.92 Å². The van der Waals surface area contributed by atoms with Crippen molar-refractivity contribution in [2.24, 2.45) is 0 Å². The van der Waals surface area contributed by atoms with Gasteiger partial charge in [-0.3, -0.25) is 4.90 Å². The molecule has 0 unspecified atom stereocenters. The van der Waals surface area contributed by atoms with E-state index in [1.807, 2.05) is 6.92 Å². The molecule has 0 amide bonds. The van der Waals surface area contributed by atoms with Crippen LogP contribution < -0.4 is 4.90 Å². The van der Waals surface area contributed by atoms with Crippen LogP contribution >= 0.6 is 11.5 Å². The van der Waals surface area contributed by atoms with Gasteiger partial charge in [0.2, 0.25) is 5.13 Å². The average Bonchev–Trinajstić information content (AvgIpc) is 2.78. The lowest BCUT2D eigenvalue weighted by Crippen LogP contribution is -2.48. The molecule has 18 heavy (non-hydrogen) atoms. The standard InChI is InChI=1S/C12H22N4OS/c1-9(2)11-13-12(18-14-11)16-6-4-15(5-7-16)8-10(3)17/h9-10,17H,4-8H2,1-3H3/t10-/m1/s1. The minimum atomic E-state index is -0.245. The summed E-state index contributed by atoms with van der Waals surface area (Å²) in [5.41, 5.74) is 0. The third-order valence-electron chi connectivity index (χ3n) is 3.11. The Morgan fingerprint density at radius 2 is 1.89 bits per heavy atom. The average molecular weight is 270 g/mol. The van der Waals surface area contributed by atoms with E-state index < -0.39 is 0 Å². The zero-order chi connectivity index (χ0) is 13.1. The summed E-state index contributed by atoms with van der Waals surface area (Å²) in [7, 11) is 0. The molecule has 1 aromatic rings. The summed E-state index contributed by atoms with van der Waals surface area (Å²) in [5.74, 6) is 1.34. The van der Waals surface area contributed by atoms with Crippen LogP contribution in [0.4, 0.5) is 5.13 Å². The molecule has 1 aliphatic heterocycles. The summed E-state index contributed by atoms with van der Waals surface area (Å²) < 4.78 is 4.39. The third-order valence-corrected chi connectivity index (χ3v) is 3.90. The van der Waals surface area contributed by atoms with Crippen LogP contribution in [0.25, 0.3) is 0 Å². The number of rotatable bonds is 4. The summed E-state index contributed by atoms with van der Waals surface area (Å²) in [4.78, 5) is 9.18. The van der Waals surface area contributed by atoms with Gasteiger partial charge in [-0.2, -0.15) is 4.37 Å². The van der Waals surface area contributed by atoms with Gasteiger partial charge in [0.05, 0.1) is 6.10 Å². The molecular weight excluding hydrogens is 248 g/mol. The molecule has 2 heterocycles. The van der Waals surface area contributed by atoms with Crippen molar-refractivity contribution in [1.82, 2.24) is 14.3 Å². The molecule has 1 aliphatic rings. The highest BCUT2D eigenvalue weighted by Gasteiger charge is 2.21. The molecule has 0 aromatic carbocycles. The minimum Gasteiger partial charge on any atom is -0.392 e. The Morgan fingerprint density at radius 1 is 1.22 bits per heavy atom. The Bertz CT molecular complexity index is 372. The maximum absolute atomic E-state index is 9.38. The first kappa shape index (κ1) is 13.7. The molecule has 0 radical (unpaired) electrons. The quantitative estimate of drug-likeness (QED) is 0.890. The molecule has 1 fully saturated rings. The molecule has 2 rings (SSSR count). The zero-order valence-corrected chi connectivity index (χ0v) is 12.2. The smallest absolute Gasteiger partial charge is 0.205 e. The highest BCUT2D eigenvalue weighted by molar-refractivity contribution is 7.09. The second kappa shape index (κ2) is 5.95. The van der Waals surface area contributed by atoms with Gasteiger partial charge in [0.1, 0.15) is 5.82 Å². The van der Waals surface area contributed by atoms with Crippen molar-refractivity contribution in [1.29, 1.82) is 0 Å². The number of nitrogens with zero attached hydrogens (tertiary/aromatic N) is 4. The van der Waals surface area contributed by atoms with Crippen LogP contribution in [-0.2, 0) is 0 Å². The van der Waals surface area contributed by atoms with Gasteiger partial charge in [-0.05, 0) is 6.92 Å². The van der Waals surface area contributed by atoms with Crippen molar-refractivity contribution in [2.45, 2.75) is 32.8 Å². The lowest BCUT2D eigenvalue weighted by molar-refractivity contribution is 0.122. The van der Waals surface area contributed by atoms with Crippen molar-refractivity contribution in [3.8, 4) is 0 Å². The number of anilines is 1. The van der Waals surface area contributed by atoms with Crippen molar-refractivity contribution in [3.63, 3.8) is 0 Å². The number of aliphatic hydroxyl groups is 1. The van der Waals surface area contributed by atoms with Crippen LogP contribution in [0.3, 0.4) is 0 Å². The lowest BCUT2D eigenvalue weighted by atomic mass is 10.2. The van der Waals surface area contributed by atoms with Gasteiger partial charge in [0.25, 0.3) is 0 Å².